The molecule has 0 aliphatic carbocycles. The van der Waals surface area contributed by atoms with Crippen molar-refractivity contribution in [1.82, 2.24) is 4.72 Å². The number of carbonyl (C=O) groups excluding carboxylic acids is 1. The van der Waals surface area contributed by atoms with Gasteiger partial charge in [-0.2, -0.15) is 5.26 Å². The zero-order valence-corrected chi connectivity index (χ0v) is 14.0. The summed E-state index contributed by atoms with van der Waals surface area (Å²) in [4.78, 5) is 11.6. The van der Waals surface area contributed by atoms with Crippen molar-refractivity contribution in [2.24, 2.45) is 0 Å². The summed E-state index contributed by atoms with van der Waals surface area (Å²) in [6.45, 7) is -0.343. The molecule has 0 saturated carbocycles. The van der Waals surface area contributed by atoms with Crippen LogP contribution >= 0.6 is 11.6 Å². The molecular weight excluding hydrogens is 352 g/mol. The predicted molar refractivity (Wildman–Crippen MR) is 87.6 cm³/mol. The molecule has 124 valence electrons. The average Bonchev–Trinajstić information content (AvgIpc) is 2.56. The van der Waals surface area contributed by atoms with Gasteiger partial charge in [0.15, 0.2) is 0 Å². The average molecular weight is 365 g/mol. The van der Waals surface area contributed by atoms with Crippen LogP contribution < -0.4 is 4.72 Å². The van der Waals surface area contributed by atoms with Crippen molar-refractivity contribution in [3.63, 3.8) is 0 Å². The van der Waals surface area contributed by atoms with Crippen LogP contribution in [0.3, 0.4) is 0 Å². The second-order valence-corrected chi connectivity index (χ2v) is 6.84. The lowest BCUT2D eigenvalue weighted by molar-refractivity contribution is -0.124. The van der Waals surface area contributed by atoms with Gasteiger partial charge in [-0.15, -0.1) is 0 Å². The zero-order valence-electron chi connectivity index (χ0n) is 12.4. The number of nitrogens with one attached hydrogen (secondary N) is 1. The third-order valence-corrected chi connectivity index (χ3v) is 4.75. The van der Waals surface area contributed by atoms with Crippen LogP contribution in [-0.4, -0.2) is 20.9 Å². The number of nitriles is 1. The third kappa shape index (κ3) is 4.80. The van der Waals surface area contributed by atoms with E-state index in [2.05, 4.69) is 0 Å². The lowest BCUT2D eigenvalue weighted by Crippen LogP contribution is -2.33. The Labute approximate surface area is 144 Å². The number of ether oxygens (including phenoxy) is 1. The molecule has 2 aromatic rings. The maximum absolute atomic E-state index is 12.0. The molecule has 2 rings (SSSR count). The van der Waals surface area contributed by atoms with E-state index in [-0.39, 0.29) is 11.5 Å². The normalized spacial score (nSPS) is 10.8. The zero-order chi connectivity index (χ0) is 17.6. The van der Waals surface area contributed by atoms with Crippen molar-refractivity contribution in [3.05, 3.63) is 64.7 Å². The Kier molecular flexibility index (Phi) is 5.93. The van der Waals surface area contributed by atoms with Crippen LogP contribution in [0.2, 0.25) is 5.02 Å². The minimum Gasteiger partial charge on any atom is -0.367 e. The molecule has 8 heteroatoms. The van der Waals surface area contributed by atoms with E-state index >= 15 is 0 Å². The van der Waals surface area contributed by atoms with Gasteiger partial charge in [-0.1, -0.05) is 29.8 Å². The number of benzene rings is 2. The second-order valence-electron chi connectivity index (χ2n) is 4.75. The molecule has 0 spiro atoms. The first-order chi connectivity index (χ1) is 11.4. The fourth-order valence-corrected chi connectivity index (χ4v) is 2.98. The molecule has 0 aliphatic heterocycles. The number of carbonyl (C=O) groups is 1. The van der Waals surface area contributed by atoms with E-state index in [1.807, 2.05) is 10.8 Å². The van der Waals surface area contributed by atoms with Crippen molar-refractivity contribution < 1.29 is 17.9 Å². The Morgan fingerprint density at radius 1 is 1.17 bits per heavy atom. The fraction of sp³-hybridized carbons (Fsp3) is 0.125. The van der Waals surface area contributed by atoms with Gasteiger partial charge in [0.2, 0.25) is 0 Å². The van der Waals surface area contributed by atoms with Gasteiger partial charge >= 0.3 is 0 Å². The number of sulfonamides is 1. The van der Waals surface area contributed by atoms with Crippen LogP contribution in [0.4, 0.5) is 0 Å². The summed E-state index contributed by atoms with van der Waals surface area (Å²) in [7, 11) is -4.00. The Morgan fingerprint density at radius 2 is 1.83 bits per heavy atom. The molecule has 0 heterocycles. The minimum atomic E-state index is -4.00. The molecule has 0 aliphatic rings. The molecule has 1 amide bonds. The Morgan fingerprint density at radius 3 is 2.46 bits per heavy atom. The smallest absolute Gasteiger partial charge is 0.264 e. The monoisotopic (exact) mass is 364 g/mol. The summed E-state index contributed by atoms with van der Waals surface area (Å²) < 4.78 is 31.2. The molecule has 1 N–H and O–H groups in total. The van der Waals surface area contributed by atoms with Gasteiger partial charge in [-0.05, 0) is 35.9 Å². The Balaban J connectivity index is 1.91. The van der Waals surface area contributed by atoms with Crippen LogP contribution in [0.15, 0.2) is 53.4 Å². The van der Waals surface area contributed by atoms with Crippen LogP contribution in [-0.2, 0) is 26.2 Å². The summed E-state index contributed by atoms with van der Waals surface area (Å²) in [5.41, 5.74) is 1.02. The highest BCUT2D eigenvalue weighted by molar-refractivity contribution is 7.90. The van der Waals surface area contributed by atoms with E-state index < -0.39 is 22.5 Å². The molecular formula is C16H13ClN2O4S. The van der Waals surface area contributed by atoms with Crippen molar-refractivity contribution in [1.29, 1.82) is 5.26 Å². The first-order valence-corrected chi connectivity index (χ1v) is 8.65. The number of hydrogen-bond donors (Lipinski definition) is 1. The van der Waals surface area contributed by atoms with Crippen molar-refractivity contribution >= 4 is 27.5 Å². The number of rotatable bonds is 6. The van der Waals surface area contributed by atoms with E-state index in [1.54, 1.807) is 24.3 Å². The molecule has 0 fully saturated rings. The Bertz CT molecular complexity index is 874. The van der Waals surface area contributed by atoms with Crippen LogP contribution in [0, 0.1) is 11.3 Å². The van der Waals surface area contributed by atoms with Gasteiger partial charge in [0, 0.05) is 5.02 Å². The quantitative estimate of drug-likeness (QED) is 0.847. The molecule has 0 bridgehead atoms. The fourth-order valence-electron chi connectivity index (χ4n) is 1.82. The first kappa shape index (κ1) is 17.9. The minimum absolute atomic E-state index is 0.0873. The van der Waals surface area contributed by atoms with E-state index in [0.29, 0.717) is 16.1 Å². The lowest BCUT2D eigenvalue weighted by atomic mass is 10.2. The first-order valence-electron chi connectivity index (χ1n) is 6.79. The molecule has 24 heavy (non-hydrogen) atoms. The molecule has 2 aromatic carbocycles. The van der Waals surface area contributed by atoms with Crippen molar-refractivity contribution in [3.8, 4) is 6.07 Å². The molecule has 0 unspecified atom stereocenters. The van der Waals surface area contributed by atoms with Crippen LogP contribution in [0.1, 0.15) is 11.1 Å². The predicted octanol–water partition coefficient (Wildman–Crippen LogP) is 2.23. The molecule has 6 nitrogen and oxygen atoms in total. The third-order valence-electron chi connectivity index (χ3n) is 2.99. The summed E-state index contributed by atoms with van der Waals surface area (Å²) in [6, 6.07) is 14.1. The summed E-state index contributed by atoms with van der Waals surface area (Å²) >= 11 is 5.95. The standard InChI is InChI=1S/C16H13ClN2O4S/c17-15-4-2-1-3-13(15)10-23-11-16(20)19-24(21,22)14-7-5-12(9-18)6-8-14/h1-8H,10-11H2,(H,19,20). The maximum atomic E-state index is 12.0. The van der Waals surface area contributed by atoms with Gasteiger partial charge < -0.3 is 4.74 Å². The van der Waals surface area contributed by atoms with Crippen molar-refractivity contribution in [2.75, 3.05) is 6.61 Å². The van der Waals surface area contributed by atoms with Crippen LogP contribution in [0.5, 0.6) is 0 Å². The van der Waals surface area contributed by atoms with Crippen molar-refractivity contribution in [2.45, 2.75) is 11.5 Å². The van der Waals surface area contributed by atoms with E-state index in [4.69, 9.17) is 21.6 Å². The highest BCUT2D eigenvalue weighted by atomic mass is 35.5. The number of hydrogen-bond acceptors (Lipinski definition) is 5. The Hall–Kier alpha value is -2.40. The number of amides is 1. The topological polar surface area (TPSA) is 96.3 Å². The summed E-state index contributed by atoms with van der Waals surface area (Å²) in [5, 5.41) is 9.20. The SMILES string of the molecule is N#Cc1ccc(S(=O)(=O)NC(=O)COCc2ccccc2Cl)cc1. The van der Waals surface area contributed by atoms with Gasteiger partial charge in [-0.25, -0.2) is 13.1 Å². The largest absolute Gasteiger partial charge is 0.367 e. The molecule has 0 saturated heterocycles. The number of halogens is 1. The van der Waals surface area contributed by atoms with Crippen LogP contribution in [0.25, 0.3) is 0 Å². The van der Waals surface area contributed by atoms with Gasteiger partial charge in [0.05, 0.1) is 23.1 Å². The van der Waals surface area contributed by atoms with Gasteiger partial charge in [0.1, 0.15) is 6.61 Å². The van der Waals surface area contributed by atoms with E-state index in [1.165, 1.54) is 24.3 Å². The second kappa shape index (κ2) is 7.93. The number of nitrogens with zero attached hydrogens (tertiary/aromatic N) is 1. The maximum Gasteiger partial charge on any atom is 0.264 e. The highest BCUT2D eigenvalue weighted by Gasteiger charge is 2.17. The summed E-state index contributed by atoms with van der Waals surface area (Å²) in [6.07, 6.45) is 0. The summed E-state index contributed by atoms with van der Waals surface area (Å²) in [5.74, 6) is -0.800. The van der Waals surface area contributed by atoms with Gasteiger partial charge in [0.25, 0.3) is 15.9 Å². The van der Waals surface area contributed by atoms with E-state index in [0.717, 1.165) is 0 Å². The molecule has 0 aromatic heterocycles. The van der Waals surface area contributed by atoms with E-state index in [9.17, 15) is 13.2 Å². The molecule has 0 atom stereocenters. The lowest BCUT2D eigenvalue weighted by Gasteiger charge is -2.08. The highest BCUT2D eigenvalue weighted by Crippen LogP contribution is 2.15. The van der Waals surface area contributed by atoms with Gasteiger partial charge in [-0.3, -0.25) is 4.79 Å². The molecule has 0 radical (unpaired) electrons.